The van der Waals surface area contributed by atoms with Gasteiger partial charge in [-0.15, -0.1) is 0 Å². The average molecular weight is 258 g/mol. The minimum absolute atomic E-state index is 0.288. The minimum atomic E-state index is -3.34. The van der Waals surface area contributed by atoms with Gasteiger partial charge >= 0.3 is 7.60 Å². The number of hydrogen-bond donors (Lipinski definition) is 1. The van der Waals surface area contributed by atoms with Crippen LogP contribution in [-0.2, 0) is 13.6 Å². The molecule has 0 saturated heterocycles. The molecule has 0 spiro atoms. The second-order valence-electron chi connectivity index (χ2n) is 3.52. The van der Waals surface area contributed by atoms with Crippen molar-refractivity contribution >= 4 is 7.60 Å². The zero-order chi connectivity index (χ0) is 12.9. The van der Waals surface area contributed by atoms with Gasteiger partial charge in [-0.2, -0.15) is 0 Å². The zero-order valence-corrected chi connectivity index (χ0v) is 11.3. The van der Waals surface area contributed by atoms with Gasteiger partial charge in [0.2, 0.25) is 0 Å². The maximum atomic E-state index is 12.4. The summed E-state index contributed by atoms with van der Waals surface area (Å²) >= 11 is 0. The molecular weight excluding hydrogens is 239 g/mol. The van der Waals surface area contributed by atoms with Gasteiger partial charge in [0.05, 0.1) is 18.9 Å². The largest absolute Gasteiger partial charge is 0.353 e. The standard InChI is InChI=1S/C11H19N2O3P/c1-4-15-17(14,16-5-2)11(12)10-8-6-7-9(3)13-10/h6-8,11H,4-5,12H2,1-3H3/t11-/m0/s1. The lowest BCUT2D eigenvalue weighted by Gasteiger charge is -2.22. The van der Waals surface area contributed by atoms with Crippen LogP contribution in [-0.4, -0.2) is 18.2 Å². The molecule has 1 heterocycles. The molecule has 5 nitrogen and oxygen atoms in total. The van der Waals surface area contributed by atoms with Crippen LogP contribution in [0.2, 0.25) is 0 Å². The Labute approximate surface area is 102 Å². The summed E-state index contributed by atoms with van der Waals surface area (Å²) in [7, 11) is -3.34. The van der Waals surface area contributed by atoms with Gasteiger partial charge in [0, 0.05) is 5.69 Å². The second-order valence-corrected chi connectivity index (χ2v) is 5.68. The van der Waals surface area contributed by atoms with E-state index in [1.807, 2.05) is 19.1 Å². The monoisotopic (exact) mass is 258 g/mol. The highest BCUT2D eigenvalue weighted by atomic mass is 31.2. The lowest BCUT2D eigenvalue weighted by atomic mass is 10.3. The van der Waals surface area contributed by atoms with Crippen molar-refractivity contribution in [3.05, 3.63) is 29.6 Å². The lowest BCUT2D eigenvalue weighted by molar-refractivity contribution is 0.212. The number of aromatic nitrogens is 1. The summed E-state index contributed by atoms with van der Waals surface area (Å²) in [6.45, 7) is 5.93. The SMILES string of the molecule is CCOP(=O)(OCC)[C@H](N)c1cccc(C)n1. The molecular formula is C11H19N2O3P. The molecule has 1 aromatic heterocycles. The Kier molecular flexibility index (Phi) is 5.28. The molecule has 0 fully saturated rings. The fourth-order valence-electron chi connectivity index (χ4n) is 1.45. The number of pyridine rings is 1. The first-order chi connectivity index (χ1) is 8.03. The summed E-state index contributed by atoms with van der Waals surface area (Å²) in [4.78, 5) is 4.25. The van der Waals surface area contributed by atoms with Crippen molar-refractivity contribution in [1.29, 1.82) is 0 Å². The molecule has 1 atom stereocenters. The molecule has 1 aromatic rings. The Bertz CT molecular complexity index is 401. The van der Waals surface area contributed by atoms with Crippen LogP contribution in [0.4, 0.5) is 0 Å². The van der Waals surface area contributed by atoms with Gasteiger partial charge in [-0.1, -0.05) is 6.07 Å². The Morgan fingerprint density at radius 3 is 2.41 bits per heavy atom. The summed E-state index contributed by atoms with van der Waals surface area (Å²) < 4.78 is 22.8. The van der Waals surface area contributed by atoms with Gasteiger partial charge < -0.3 is 14.8 Å². The highest BCUT2D eigenvalue weighted by Crippen LogP contribution is 2.57. The van der Waals surface area contributed by atoms with E-state index in [9.17, 15) is 4.57 Å². The van der Waals surface area contributed by atoms with Crippen LogP contribution in [0.3, 0.4) is 0 Å². The van der Waals surface area contributed by atoms with Crippen LogP contribution in [0.1, 0.15) is 31.0 Å². The van der Waals surface area contributed by atoms with Crippen LogP contribution < -0.4 is 5.73 Å². The molecule has 0 radical (unpaired) electrons. The van der Waals surface area contributed by atoms with Crippen LogP contribution in [0.15, 0.2) is 18.2 Å². The first kappa shape index (κ1) is 14.3. The first-order valence-corrected chi connectivity index (χ1v) is 7.22. The molecule has 0 saturated carbocycles. The number of aryl methyl sites for hydroxylation is 1. The van der Waals surface area contributed by atoms with Crippen molar-refractivity contribution in [2.75, 3.05) is 13.2 Å². The van der Waals surface area contributed by atoms with E-state index in [1.54, 1.807) is 19.9 Å². The van der Waals surface area contributed by atoms with E-state index in [1.165, 1.54) is 0 Å². The predicted molar refractivity (Wildman–Crippen MR) is 66.8 cm³/mol. The van der Waals surface area contributed by atoms with Crippen molar-refractivity contribution in [1.82, 2.24) is 4.98 Å². The van der Waals surface area contributed by atoms with Gasteiger partial charge in [-0.3, -0.25) is 9.55 Å². The number of nitrogens with two attached hydrogens (primary N) is 1. The molecule has 0 aromatic carbocycles. The van der Waals surface area contributed by atoms with Crippen LogP contribution in [0.5, 0.6) is 0 Å². The van der Waals surface area contributed by atoms with Gasteiger partial charge in [-0.05, 0) is 32.9 Å². The van der Waals surface area contributed by atoms with Gasteiger partial charge in [0.15, 0.2) is 5.78 Å². The van der Waals surface area contributed by atoms with Crippen molar-refractivity contribution in [3.8, 4) is 0 Å². The topological polar surface area (TPSA) is 74.4 Å². The Morgan fingerprint density at radius 2 is 1.94 bits per heavy atom. The van der Waals surface area contributed by atoms with E-state index >= 15 is 0 Å². The summed E-state index contributed by atoms with van der Waals surface area (Å²) in [5.74, 6) is -0.845. The number of hydrogen-bond acceptors (Lipinski definition) is 5. The van der Waals surface area contributed by atoms with E-state index in [2.05, 4.69) is 4.98 Å². The van der Waals surface area contributed by atoms with E-state index in [-0.39, 0.29) is 13.2 Å². The maximum absolute atomic E-state index is 12.4. The zero-order valence-electron chi connectivity index (χ0n) is 10.4. The molecule has 2 N–H and O–H groups in total. The summed E-state index contributed by atoms with van der Waals surface area (Å²) in [6, 6.07) is 5.39. The number of rotatable bonds is 6. The minimum Gasteiger partial charge on any atom is -0.313 e. The normalized spacial score (nSPS) is 13.6. The van der Waals surface area contributed by atoms with Crippen LogP contribution >= 0.6 is 7.60 Å². The van der Waals surface area contributed by atoms with E-state index in [0.717, 1.165) is 5.69 Å². The smallest absolute Gasteiger partial charge is 0.313 e. The Hall–Kier alpha value is -0.740. The Morgan fingerprint density at radius 1 is 1.35 bits per heavy atom. The van der Waals surface area contributed by atoms with E-state index < -0.39 is 13.4 Å². The summed E-state index contributed by atoms with van der Waals surface area (Å²) in [5, 5.41) is 0. The third-order valence-corrected chi connectivity index (χ3v) is 4.35. The molecule has 0 aliphatic rings. The predicted octanol–water partition coefficient (Wildman–Crippen LogP) is 2.61. The van der Waals surface area contributed by atoms with Crippen molar-refractivity contribution < 1.29 is 13.6 Å². The Balaban J connectivity index is 2.99. The summed E-state index contributed by atoms with van der Waals surface area (Å²) in [6.07, 6.45) is 0. The van der Waals surface area contributed by atoms with Crippen LogP contribution in [0.25, 0.3) is 0 Å². The number of nitrogens with zero attached hydrogens (tertiary/aromatic N) is 1. The molecule has 0 unspecified atom stereocenters. The first-order valence-electron chi connectivity index (χ1n) is 5.61. The highest BCUT2D eigenvalue weighted by Gasteiger charge is 2.34. The van der Waals surface area contributed by atoms with Gasteiger partial charge in [0.1, 0.15) is 0 Å². The molecule has 6 heteroatoms. The van der Waals surface area contributed by atoms with Crippen molar-refractivity contribution in [2.45, 2.75) is 26.6 Å². The van der Waals surface area contributed by atoms with Crippen LogP contribution in [0, 0.1) is 6.92 Å². The summed E-state index contributed by atoms with van der Waals surface area (Å²) in [5.41, 5.74) is 7.28. The third-order valence-electron chi connectivity index (χ3n) is 2.17. The van der Waals surface area contributed by atoms with Gasteiger partial charge in [-0.25, -0.2) is 0 Å². The molecule has 1 rings (SSSR count). The fourth-order valence-corrected chi connectivity index (χ4v) is 3.03. The van der Waals surface area contributed by atoms with E-state index in [4.69, 9.17) is 14.8 Å². The quantitative estimate of drug-likeness (QED) is 0.794. The van der Waals surface area contributed by atoms with E-state index in [0.29, 0.717) is 5.69 Å². The average Bonchev–Trinajstić information content (AvgIpc) is 2.28. The van der Waals surface area contributed by atoms with Gasteiger partial charge in [0.25, 0.3) is 0 Å². The molecule has 0 aliphatic carbocycles. The maximum Gasteiger partial charge on any atom is 0.353 e. The third kappa shape index (κ3) is 3.61. The molecule has 0 aliphatic heterocycles. The lowest BCUT2D eigenvalue weighted by Crippen LogP contribution is -2.16. The van der Waals surface area contributed by atoms with Crippen molar-refractivity contribution in [3.63, 3.8) is 0 Å². The van der Waals surface area contributed by atoms with Crippen molar-refractivity contribution in [2.24, 2.45) is 5.73 Å². The molecule has 17 heavy (non-hydrogen) atoms. The second kappa shape index (κ2) is 6.26. The molecule has 0 bridgehead atoms. The fraction of sp³-hybridized carbons (Fsp3) is 0.545. The molecule has 0 amide bonds. The molecule has 96 valence electrons. The highest BCUT2D eigenvalue weighted by molar-refractivity contribution is 7.54.